The van der Waals surface area contributed by atoms with Crippen molar-refractivity contribution in [1.82, 2.24) is 29.1 Å². The third-order valence-corrected chi connectivity index (χ3v) is 10.4. The largest absolute Gasteiger partial charge is 0.437 e. The quantitative estimate of drug-likeness (QED) is 0.181. The molecule has 1 amide bonds. The Morgan fingerprint density at radius 1 is 1.02 bits per heavy atom. The van der Waals surface area contributed by atoms with Gasteiger partial charge < -0.3 is 19.3 Å². The number of carbonyl (C=O) groups excluding carboxylic acids is 1. The van der Waals surface area contributed by atoms with Gasteiger partial charge in [0, 0.05) is 55.0 Å². The number of piperazine rings is 1. The highest BCUT2D eigenvalue weighted by Crippen LogP contribution is 2.38. The fourth-order valence-corrected chi connectivity index (χ4v) is 7.98. The van der Waals surface area contributed by atoms with E-state index >= 15 is 0 Å². The van der Waals surface area contributed by atoms with E-state index in [-0.39, 0.29) is 11.9 Å². The fourth-order valence-electron chi connectivity index (χ4n) is 7.40. The van der Waals surface area contributed by atoms with Crippen LogP contribution in [0.2, 0.25) is 11.8 Å². The number of para-hydroxylation sites is 2. The normalized spacial score (nSPS) is 18.2. The maximum absolute atomic E-state index is 14.8. The summed E-state index contributed by atoms with van der Waals surface area (Å²) in [5.41, 5.74) is 7.74. The van der Waals surface area contributed by atoms with Gasteiger partial charge in [-0.3, -0.25) is 14.7 Å². The van der Waals surface area contributed by atoms with Crippen molar-refractivity contribution in [3.05, 3.63) is 129 Å². The Kier molecular flexibility index (Phi) is 9.98. The van der Waals surface area contributed by atoms with Crippen LogP contribution in [0.1, 0.15) is 40.4 Å². The van der Waals surface area contributed by atoms with Crippen molar-refractivity contribution in [2.75, 3.05) is 26.2 Å². The number of imidazole rings is 1. The van der Waals surface area contributed by atoms with Crippen molar-refractivity contribution in [2.24, 2.45) is 0 Å². The number of fused-ring (bicyclic) bond motifs is 3. The van der Waals surface area contributed by atoms with Gasteiger partial charge in [-0.05, 0) is 94.6 Å². The third-order valence-electron chi connectivity index (χ3n) is 9.76. The minimum atomic E-state index is -0.765. The predicted octanol–water partition coefficient (Wildman–Crippen LogP) is 6.25. The van der Waals surface area contributed by atoms with Gasteiger partial charge in [0.25, 0.3) is 0 Å². The second kappa shape index (κ2) is 14.5. The van der Waals surface area contributed by atoms with E-state index < -0.39 is 13.1 Å². The van der Waals surface area contributed by atoms with E-state index in [2.05, 4.69) is 66.8 Å². The number of hydrogen-bond acceptors (Lipinski definition) is 6. The van der Waals surface area contributed by atoms with Crippen LogP contribution in [0.4, 0.5) is 0 Å². The van der Waals surface area contributed by atoms with Crippen LogP contribution >= 0.6 is 27.5 Å². The lowest BCUT2D eigenvalue weighted by molar-refractivity contribution is -0.138. The summed E-state index contributed by atoms with van der Waals surface area (Å²) in [6.45, 7) is 5.29. The first-order chi connectivity index (χ1) is 23.4. The summed E-state index contributed by atoms with van der Waals surface area (Å²) in [6, 6.07) is 25.9. The molecule has 0 radical (unpaired) electrons. The van der Waals surface area contributed by atoms with Gasteiger partial charge in [0.15, 0.2) is 0 Å². The van der Waals surface area contributed by atoms with Crippen molar-refractivity contribution < 1.29 is 9.82 Å². The number of aromatic nitrogens is 3. The van der Waals surface area contributed by atoms with Crippen LogP contribution in [-0.2, 0) is 30.7 Å². The van der Waals surface area contributed by atoms with Crippen molar-refractivity contribution in [1.29, 1.82) is 0 Å². The van der Waals surface area contributed by atoms with Crippen LogP contribution in [0.3, 0.4) is 0 Å². The highest BCUT2D eigenvalue weighted by atomic mass is 79.9. The highest BCUT2D eigenvalue weighted by Gasteiger charge is 2.42. The van der Waals surface area contributed by atoms with E-state index in [0.717, 1.165) is 57.6 Å². The summed E-state index contributed by atoms with van der Waals surface area (Å²) in [6.07, 6.45) is 6.24. The molecule has 1 fully saturated rings. The molecule has 8 nitrogen and oxygen atoms in total. The van der Waals surface area contributed by atoms with Crippen molar-refractivity contribution in [2.45, 2.75) is 51.3 Å². The Hall–Kier alpha value is -3.54. The molecule has 1 N–H and O–H groups in total. The Labute approximate surface area is 295 Å². The minimum absolute atomic E-state index is 0.0221. The van der Waals surface area contributed by atoms with Crippen molar-refractivity contribution in [3.8, 4) is 0 Å². The number of rotatable bonds is 9. The molecule has 48 heavy (non-hydrogen) atoms. The smallest absolute Gasteiger partial charge is 0.377 e. The number of amides is 1. The Morgan fingerprint density at radius 3 is 2.65 bits per heavy atom. The monoisotopic (exact) mass is 724 g/mol. The Balaban J connectivity index is 1.19. The van der Waals surface area contributed by atoms with E-state index in [1.165, 1.54) is 16.7 Å². The molecule has 2 aliphatic rings. The molecule has 1 aliphatic heterocycles. The van der Waals surface area contributed by atoms with Gasteiger partial charge in [-0.1, -0.05) is 60.1 Å². The lowest BCUT2D eigenvalue weighted by Crippen LogP contribution is -2.63. The number of nitrogens with zero attached hydrogens (tertiary/aromatic N) is 6. The second-order valence-corrected chi connectivity index (χ2v) is 14.2. The van der Waals surface area contributed by atoms with Crippen LogP contribution in [-0.4, -0.2) is 79.3 Å². The first kappa shape index (κ1) is 33.0. The van der Waals surface area contributed by atoms with E-state index in [0.29, 0.717) is 32.7 Å². The number of benzene rings is 3. The SMILES string of the molecule is CB(O)N1CCN([C@@H]2c3ccc(Cl)cc3CCc3cc(Br)cnc32)C[C@@H]1C(=O)N(CCCn1cnc2ccccc21)Cc1ccccc1. The molecule has 0 spiro atoms. The summed E-state index contributed by atoms with van der Waals surface area (Å²) in [4.78, 5) is 30.6. The molecule has 0 unspecified atom stereocenters. The van der Waals surface area contributed by atoms with E-state index in [1.54, 1.807) is 6.82 Å². The number of hydrogen-bond donors (Lipinski definition) is 1. The van der Waals surface area contributed by atoms with Gasteiger partial charge in [0.2, 0.25) is 5.91 Å². The first-order valence-corrected chi connectivity index (χ1v) is 17.9. The molecule has 0 saturated carbocycles. The minimum Gasteiger partial charge on any atom is -0.437 e. The predicted molar refractivity (Wildman–Crippen MR) is 195 cm³/mol. The lowest BCUT2D eigenvalue weighted by atomic mass is 9.81. The van der Waals surface area contributed by atoms with E-state index in [4.69, 9.17) is 16.6 Å². The maximum Gasteiger partial charge on any atom is 0.377 e. The number of halogens is 2. The number of aryl methyl sites for hydroxylation is 3. The summed E-state index contributed by atoms with van der Waals surface area (Å²) in [5, 5.41) is 11.7. The average Bonchev–Trinajstić information content (AvgIpc) is 3.44. The average molecular weight is 726 g/mol. The molecule has 7 rings (SSSR count). The van der Waals surface area contributed by atoms with Gasteiger partial charge in [-0.2, -0.15) is 0 Å². The third kappa shape index (κ3) is 6.95. The zero-order chi connectivity index (χ0) is 33.2. The summed E-state index contributed by atoms with van der Waals surface area (Å²) in [5.74, 6) is 0.0221. The molecule has 246 valence electrons. The standard InChI is InChI=1S/C37H39BBrClN6O2/c1-38(48)46-19-18-43(36-31-15-14-30(40)21-27(31)12-13-28-20-29(39)22-41-35(28)36)24-34(46)37(47)44(23-26-8-3-2-4-9-26)16-7-17-45-25-42-32-10-5-6-11-33(32)45/h2-6,8-11,14-15,20-22,25,34,36,48H,7,12-13,16-19,23-24H2,1H3/t34-,36-/m1/s1. The molecule has 5 aromatic rings. The van der Waals surface area contributed by atoms with Crippen LogP contribution in [0, 0.1) is 0 Å². The van der Waals surface area contributed by atoms with Crippen LogP contribution < -0.4 is 0 Å². The van der Waals surface area contributed by atoms with Crippen molar-refractivity contribution >= 4 is 51.5 Å². The molecular weight excluding hydrogens is 687 g/mol. The van der Waals surface area contributed by atoms with Crippen LogP contribution in [0.5, 0.6) is 0 Å². The molecular formula is C37H39BBrClN6O2. The summed E-state index contributed by atoms with van der Waals surface area (Å²) < 4.78 is 3.11. The van der Waals surface area contributed by atoms with Gasteiger partial charge in [-0.25, -0.2) is 4.98 Å². The summed E-state index contributed by atoms with van der Waals surface area (Å²) in [7, 11) is -0.765. The Morgan fingerprint density at radius 2 is 1.81 bits per heavy atom. The summed E-state index contributed by atoms with van der Waals surface area (Å²) >= 11 is 10.1. The lowest BCUT2D eigenvalue weighted by Gasteiger charge is -2.45. The maximum atomic E-state index is 14.8. The van der Waals surface area contributed by atoms with Gasteiger partial charge in [-0.15, -0.1) is 0 Å². The van der Waals surface area contributed by atoms with E-state index in [9.17, 15) is 9.82 Å². The first-order valence-electron chi connectivity index (χ1n) is 16.7. The van der Waals surface area contributed by atoms with Gasteiger partial charge in [0.05, 0.1) is 35.1 Å². The number of carbonyl (C=O) groups is 1. The van der Waals surface area contributed by atoms with Gasteiger partial charge in [0.1, 0.15) is 0 Å². The van der Waals surface area contributed by atoms with Crippen LogP contribution in [0.25, 0.3) is 11.0 Å². The van der Waals surface area contributed by atoms with Crippen LogP contribution in [0.15, 0.2) is 95.9 Å². The molecule has 3 aromatic carbocycles. The molecule has 3 heterocycles. The molecule has 11 heteroatoms. The van der Waals surface area contributed by atoms with E-state index in [1.807, 2.05) is 64.7 Å². The van der Waals surface area contributed by atoms with Gasteiger partial charge >= 0.3 is 7.05 Å². The topological polar surface area (TPSA) is 77.7 Å². The Bertz CT molecular complexity index is 1850. The fraction of sp³-hybridized carbons (Fsp3) is 0.324. The molecule has 1 saturated heterocycles. The molecule has 1 aliphatic carbocycles. The zero-order valence-electron chi connectivity index (χ0n) is 27.1. The highest BCUT2D eigenvalue weighted by molar-refractivity contribution is 9.10. The molecule has 2 aromatic heterocycles. The zero-order valence-corrected chi connectivity index (χ0v) is 29.4. The van der Waals surface area contributed by atoms with Crippen molar-refractivity contribution in [3.63, 3.8) is 0 Å². The molecule has 0 bridgehead atoms. The number of pyridine rings is 1. The second-order valence-electron chi connectivity index (χ2n) is 12.8. The molecule has 2 atom stereocenters.